The van der Waals surface area contributed by atoms with Crippen LogP contribution in [0.2, 0.25) is 0 Å². The Kier molecular flexibility index (Phi) is 4.39. The summed E-state index contributed by atoms with van der Waals surface area (Å²) in [5.74, 6) is 0.558. The van der Waals surface area contributed by atoms with Crippen LogP contribution in [0.15, 0.2) is 42.6 Å². The molecular formula is C16H15F3N4O. The van der Waals surface area contributed by atoms with E-state index < -0.39 is 11.7 Å². The van der Waals surface area contributed by atoms with Crippen molar-refractivity contribution in [1.29, 1.82) is 0 Å². The van der Waals surface area contributed by atoms with Crippen molar-refractivity contribution in [3.05, 3.63) is 48.2 Å². The molecule has 2 aromatic heterocycles. The topological polar surface area (TPSA) is 62.5 Å². The average Bonchev–Trinajstić information content (AvgIpc) is 2.98. The maximum Gasteiger partial charge on any atom is 0.416 e. The average molecular weight is 336 g/mol. The third kappa shape index (κ3) is 3.33. The monoisotopic (exact) mass is 336 g/mol. The van der Waals surface area contributed by atoms with Crippen molar-refractivity contribution >= 4 is 11.5 Å². The molecule has 0 spiro atoms. The first-order valence-electron chi connectivity index (χ1n) is 7.36. The van der Waals surface area contributed by atoms with Crippen LogP contribution in [0.25, 0.3) is 16.9 Å². The number of benzene rings is 1. The minimum atomic E-state index is -4.40. The van der Waals surface area contributed by atoms with Crippen LogP contribution >= 0.6 is 0 Å². The van der Waals surface area contributed by atoms with E-state index >= 15 is 0 Å². The maximum absolute atomic E-state index is 12.9. The van der Waals surface area contributed by atoms with Crippen LogP contribution < -0.4 is 5.32 Å². The van der Waals surface area contributed by atoms with Gasteiger partial charge in [0.15, 0.2) is 5.65 Å². The van der Waals surface area contributed by atoms with Gasteiger partial charge in [-0.25, -0.2) is 9.50 Å². The summed E-state index contributed by atoms with van der Waals surface area (Å²) in [6.45, 7) is 0.610. The fourth-order valence-electron chi connectivity index (χ4n) is 2.31. The standard InChI is InChI=1S/C16H15F3N4O/c17-16(18,19)12-4-1-3-11(9-12)13-10-21-15-6-5-14(22-23(13)15)20-7-2-8-24/h1,3-6,9-10,24H,2,7-8H2,(H,20,22). The summed E-state index contributed by atoms with van der Waals surface area (Å²) in [6.07, 6.45) is -2.33. The Bertz CT molecular complexity index is 845. The number of hydrogen-bond acceptors (Lipinski definition) is 4. The van der Waals surface area contributed by atoms with E-state index in [2.05, 4.69) is 15.4 Å². The fraction of sp³-hybridized carbons (Fsp3) is 0.250. The normalized spacial score (nSPS) is 11.8. The molecule has 0 radical (unpaired) electrons. The Hall–Kier alpha value is -2.61. The van der Waals surface area contributed by atoms with E-state index in [-0.39, 0.29) is 6.61 Å². The zero-order valence-corrected chi connectivity index (χ0v) is 12.6. The largest absolute Gasteiger partial charge is 0.416 e. The lowest BCUT2D eigenvalue weighted by atomic mass is 10.1. The molecule has 0 saturated heterocycles. The molecule has 8 heteroatoms. The molecule has 0 aliphatic carbocycles. The predicted molar refractivity (Wildman–Crippen MR) is 83.6 cm³/mol. The van der Waals surface area contributed by atoms with Crippen molar-refractivity contribution in [2.75, 3.05) is 18.5 Å². The number of rotatable bonds is 5. The van der Waals surface area contributed by atoms with E-state index in [1.807, 2.05) is 0 Å². The van der Waals surface area contributed by atoms with Gasteiger partial charge in [0.2, 0.25) is 0 Å². The van der Waals surface area contributed by atoms with Crippen LogP contribution in [0, 0.1) is 0 Å². The first-order chi connectivity index (χ1) is 11.5. The quantitative estimate of drug-likeness (QED) is 0.703. The highest BCUT2D eigenvalue weighted by Crippen LogP contribution is 2.32. The van der Waals surface area contributed by atoms with Crippen LogP contribution in [0.3, 0.4) is 0 Å². The molecule has 5 nitrogen and oxygen atoms in total. The molecular weight excluding hydrogens is 321 g/mol. The molecule has 24 heavy (non-hydrogen) atoms. The zero-order chi connectivity index (χ0) is 17.2. The van der Waals surface area contributed by atoms with Gasteiger partial charge in [-0.3, -0.25) is 0 Å². The van der Waals surface area contributed by atoms with Crippen LogP contribution in [-0.4, -0.2) is 32.9 Å². The third-order valence-corrected chi connectivity index (χ3v) is 3.49. The molecule has 0 aliphatic rings. The highest BCUT2D eigenvalue weighted by atomic mass is 19.4. The van der Waals surface area contributed by atoms with E-state index in [0.29, 0.717) is 35.7 Å². The van der Waals surface area contributed by atoms with Crippen LogP contribution in [-0.2, 0) is 6.18 Å². The fourth-order valence-corrected chi connectivity index (χ4v) is 2.31. The minimum absolute atomic E-state index is 0.0653. The molecule has 0 bridgehead atoms. The summed E-state index contributed by atoms with van der Waals surface area (Å²) in [7, 11) is 0. The SMILES string of the molecule is OCCCNc1ccc2ncc(-c3cccc(C(F)(F)F)c3)n2n1. The molecule has 2 heterocycles. The van der Waals surface area contributed by atoms with Crippen molar-refractivity contribution in [2.45, 2.75) is 12.6 Å². The maximum atomic E-state index is 12.9. The van der Waals surface area contributed by atoms with Gasteiger partial charge in [0.05, 0.1) is 17.5 Å². The number of alkyl halides is 3. The minimum Gasteiger partial charge on any atom is -0.396 e. The molecule has 126 valence electrons. The van der Waals surface area contributed by atoms with Crippen molar-refractivity contribution in [1.82, 2.24) is 14.6 Å². The van der Waals surface area contributed by atoms with Crippen LogP contribution in [0.5, 0.6) is 0 Å². The second-order valence-corrected chi connectivity index (χ2v) is 5.21. The zero-order valence-electron chi connectivity index (χ0n) is 12.6. The molecule has 1 aromatic carbocycles. The van der Waals surface area contributed by atoms with Crippen molar-refractivity contribution in [3.8, 4) is 11.3 Å². The molecule has 0 fully saturated rings. The van der Waals surface area contributed by atoms with Gasteiger partial charge in [-0.2, -0.15) is 13.2 Å². The van der Waals surface area contributed by atoms with Crippen molar-refractivity contribution < 1.29 is 18.3 Å². The van der Waals surface area contributed by atoms with E-state index in [1.165, 1.54) is 16.8 Å². The molecule has 2 N–H and O–H groups in total. The number of halogens is 3. The Labute approximate surface area is 135 Å². The lowest BCUT2D eigenvalue weighted by Gasteiger charge is -2.09. The Morgan fingerprint density at radius 3 is 2.75 bits per heavy atom. The van der Waals surface area contributed by atoms with Crippen LogP contribution in [0.4, 0.5) is 19.0 Å². The van der Waals surface area contributed by atoms with E-state index in [4.69, 9.17) is 5.11 Å². The molecule has 0 atom stereocenters. The number of aliphatic hydroxyl groups excluding tert-OH is 1. The second kappa shape index (κ2) is 6.48. The van der Waals surface area contributed by atoms with Gasteiger partial charge in [-0.05, 0) is 30.7 Å². The molecule has 0 saturated carbocycles. The van der Waals surface area contributed by atoms with Crippen LogP contribution in [0.1, 0.15) is 12.0 Å². The number of imidazole rings is 1. The summed E-state index contributed by atoms with van der Waals surface area (Å²) in [6, 6.07) is 8.52. The Morgan fingerprint density at radius 1 is 1.17 bits per heavy atom. The predicted octanol–water partition coefficient (Wildman–Crippen LogP) is 3.21. The number of hydrogen-bond donors (Lipinski definition) is 2. The highest BCUT2D eigenvalue weighted by Gasteiger charge is 2.30. The molecule has 0 unspecified atom stereocenters. The number of nitrogens with zero attached hydrogens (tertiary/aromatic N) is 3. The van der Waals surface area contributed by atoms with E-state index in [1.54, 1.807) is 18.2 Å². The summed E-state index contributed by atoms with van der Waals surface area (Å²) in [4.78, 5) is 4.18. The summed E-state index contributed by atoms with van der Waals surface area (Å²) >= 11 is 0. The smallest absolute Gasteiger partial charge is 0.396 e. The number of aromatic nitrogens is 3. The first kappa shape index (κ1) is 16.3. The van der Waals surface area contributed by atoms with Gasteiger partial charge in [0.25, 0.3) is 0 Å². The van der Waals surface area contributed by atoms with E-state index in [0.717, 1.165) is 12.1 Å². The summed E-state index contributed by atoms with van der Waals surface area (Å²) in [5.41, 5.74) is 0.682. The third-order valence-electron chi connectivity index (χ3n) is 3.49. The molecule has 0 amide bonds. The van der Waals surface area contributed by atoms with Crippen molar-refractivity contribution in [2.24, 2.45) is 0 Å². The lowest BCUT2D eigenvalue weighted by Crippen LogP contribution is -2.07. The van der Waals surface area contributed by atoms with Gasteiger partial charge in [-0.15, -0.1) is 5.10 Å². The highest BCUT2D eigenvalue weighted by molar-refractivity contribution is 5.64. The number of fused-ring (bicyclic) bond motifs is 1. The van der Waals surface area contributed by atoms with E-state index in [9.17, 15) is 13.2 Å². The Balaban J connectivity index is 1.99. The van der Waals surface area contributed by atoms with Gasteiger partial charge in [0, 0.05) is 18.7 Å². The second-order valence-electron chi connectivity index (χ2n) is 5.21. The number of nitrogens with one attached hydrogen (secondary N) is 1. The Morgan fingerprint density at radius 2 is 2.00 bits per heavy atom. The first-order valence-corrected chi connectivity index (χ1v) is 7.36. The number of aliphatic hydroxyl groups is 1. The lowest BCUT2D eigenvalue weighted by molar-refractivity contribution is -0.137. The summed E-state index contributed by atoms with van der Waals surface area (Å²) in [5, 5.41) is 16.2. The number of anilines is 1. The van der Waals surface area contributed by atoms with Crippen molar-refractivity contribution in [3.63, 3.8) is 0 Å². The molecule has 3 rings (SSSR count). The van der Waals surface area contributed by atoms with Gasteiger partial charge >= 0.3 is 6.18 Å². The summed E-state index contributed by atoms with van der Waals surface area (Å²) < 4.78 is 40.2. The van der Waals surface area contributed by atoms with Gasteiger partial charge in [-0.1, -0.05) is 12.1 Å². The molecule has 3 aromatic rings. The molecule has 0 aliphatic heterocycles. The van der Waals surface area contributed by atoms with Gasteiger partial charge < -0.3 is 10.4 Å². The van der Waals surface area contributed by atoms with Gasteiger partial charge in [0.1, 0.15) is 5.82 Å².